The van der Waals surface area contributed by atoms with E-state index in [2.05, 4.69) is 0 Å². The van der Waals surface area contributed by atoms with Gasteiger partial charge in [-0.05, 0) is 65.5 Å². The number of aliphatic hydroxyl groups is 1. The Balaban J connectivity index is 1.86. The first-order chi connectivity index (χ1) is 18.8. The molecule has 0 spiro atoms. The number of ether oxygens (including phenoxy) is 3. The fourth-order valence-corrected chi connectivity index (χ4v) is 5.21. The van der Waals surface area contributed by atoms with E-state index in [1.165, 1.54) is 11.8 Å². The summed E-state index contributed by atoms with van der Waals surface area (Å²) in [4.78, 5) is 42.2. The van der Waals surface area contributed by atoms with Gasteiger partial charge in [0.1, 0.15) is 17.7 Å². The summed E-state index contributed by atoms with van der Waals surface area (Å²) in [6.07, 6.45) is -2.01. The van der Waals surface area contributed by atoms with E-state index >= 15 is 0 Å². The van der Waals surface area contributed by atoms with Crippen molar-refractivity contribution in [3.05, 3.63) is 71.8 Å². The Morgan fingerprint density at radius 1 is 0.975 bits per heavy atom. The Bertz CT molecular complexity index is 1130. The molecule has 1 saturated heterocycles. The number of ketones is 1. The summed E-state index contributed by atoms with van der Waals surface area (Å²) >= 11 is 0. The second-order valence-electron chi connectivity index (χ2n) is 11.7. The van der Waals surface area contributed by atoms with Crippen LogP contribution in [0.5, 0.6) is 0 Å². The predicted molar refractivity (Wildman–Crippen MR) is 151 cm³/mol. The van der Waals surface area contributed by atoms with Gasteiger partial charge in [-0.25, -0.2) is 4.79 Å². The molecule has 1 heterocycles. The molecule has 0 aliphatic carbocycles. The van der Waals surface area contributed by atoms with Gasteiger partial charge >= 0.3 is 12.1 Å². The van der Waals surface area contributed by atoms with Gasteiger partial charge in [0, 0.05) is 12.5 Å². The average molecular weight is 554 g/mol. The lowest BCUT2D eigenvalue weighted by Gasteiger charge is -2.42. The molecule has 8 heteroatoms. The van der Waals surface area contributed by atoms with E-state index in [0.29, 0.717) is 6.42 Å². The molecular formula is C32H43NO7. The average Bonchev–Trinajstić information content (AvgIpc) is 3.27. The van der Waals surface area contributed by atoms with Crippen LogP contribution in [-0.2, 0) is 37.0 Å². The number of amides is 1. The van der Waals surface area contributed by atoms with Gasteiger partial charge in [0.15, 0.2) is 5.78 Å². The molecule has 2 aromatic rings. The molecule has 0 saturated carbocycles. The number of hydrogen-bond acceptors (Lipinski definition) is 7. The predicted octanol–water partition coefficient (Wildman–Crippen LogP) is 5.45. The minimum atomic E-state index is -1.53. The number of carbonyl (C=O) groups is 3. The normalized spacial score (nSPS) is 21.4. The third-order valence-corrected chi connectivity index (χ3v) is 7.43. The van der Waals surface area contributed by atoms with E-state index in [9.17, 15) is 19.5 Å². The lowest BCUT2D eigenvalue weighted by Crippen LogP contribution is -2.62. The Morgan fingerprint density at radius 3 is 2.05 bits per heavy atom. The first-order valence-corrected chi connectivity index (χ1v) is 13.9. The van der Waals surface area contributed by atoms with Crippen molar-refractivity contribution in [2.45, 2.75) is 103 Å². The third kappa shape index (κ3) is 7.70. The summed E-state index contributed by atoms with van der Waals surface area (Å²) in [6.45, 7) is 10.6. The minimum Gasteiger partial charge on any atom is -0.461 e. The highest BCUT2D eigenvalue weighted by Gasteiger charge is 2.57. The standard InChI is InChI=1S/C32H43NO7/c1-22-17-18-32(24(3)34,33(22)30(37)40-31(4,5)6)28(35)19-27(23(2)38-20-25-13-9-7-10-14-25)29(36)39-21-26-15-11-8-12-16-26/h7-16,22-24,27,34H,17-21H2,1-6H3/t22?,23-,24?,27+,32?/m1/s1. The Labute approximate surface area is 237 Å². The zero-order chi connectivity index (χ0) is 29.5. The van der Waals surface area contributed by atoms with Crippen molar-refractivity contribution < 1.29 is 33.7 Å². The second-order valence-corrected chi connectivity index (χ2v) is 11.7. The van der Waals surface area contributed by atoms with Crippen LogP contribution in [0.15, 0.2) is 60.7 Å². The summed E-state index contributed by atoms with van der Waals surface area (Å²) in [5.74, 6) is -1.95. The SMILES string of the molecule is CC1CCC(C(=O)C[C@H](C(=O)OCc2ccccc2)[C@@H](C)OCc2ccccc2)(C(C)O)N1C(=O)OC(C)(C)C. The van der Waals surface area contributed by atoms with Crippen LogP contribution in [0.3, 0.4) is 0 Å². The van der Waals surface area contributed by atoms with Crippen LogP contribution in [0.1, 0.15) is 71.9 Å². The molecule has 1 N–H and O–H groups in total. The van der Waals surface area contributed by atoms with Gasteiger partial charge in [-0.1, -0.05) is 60.7 Å². The summed E-state index contributed by atoms with van der Waals surface area (Å²) in [7, 11) is 0. The van der Waals surface area contributed by atoms with Crippen molar-refractivity contribution in [2.24, 2.45) is 5.92 Å². The maximum atomic E-state index is 14.1. The number of nitrogens with zero attached hydrogens (tertiary/aromatic N) is 1. The van der Waals surface area contributed by atoms with Crippen LogP contribution in [0, 0.1) is 5.92 Å². The van der Waals surface area contributed by atoms with Gasteiger partial charge in [-0.3, -0.25) is 14.5 Å². The van der Waals surface area contributed by atoms with Crippen LogP contribution < -0.4 is 0 Å². The molecule has 3 unspecified atom stereocenters. The maximum absolute atomic E-state index is 14.1. The number of Topliss-reactive ketones (excluding diaryl/α,β-unsaturated/α-hetero) is 1. The van der Waals surface area contributed by atoms with E-state index < -0.39 is 47.1 Å². The zero-order valence-electron chi connectivity index (χ0n) is 24.5. The first-order valence-electron chi connectivity index (χ1n) is 13.9. The van der Waals surface area contributed by atoms with Crippen molar-refractivity contribution >= 4 is 17.8 Å². The number of esters is 1. The highest BCUT2D eigenvalue weighted by Crippen LogP contribution is 2.40. The number of rotatable bonds is 11. The largest absolute Gasteiger partial charge is 0.461 e. The van der Waals surface area contributed by atoms with E-state index in [0.717, 1.165) is 11.1 Å². The summed E-state index contributed by atoms with van der Waals surface area (Å²) in [5, 5.41) is 11.0. The Hall–Kier alpha value is -3.23. The molecule has 0 bridgehead atoms. The van der Waals surface area contributed by atoms with E-state index in [1.807, 2.05) is 67.6 Å². The molecule has 3 rings (SSSR count). The Kier molecular flexibility index (Phi) is 10.5. The highest BCUT2D eigenvalue weighted by molar-refractivity contribution is 5.95. The minimum absolute atomic E-state index is 0.0540. The van der Waals surface area contributed by atoms with Gasteiger partial charge in [0.25, 0.3) is 0 Å². The molecule has 1 aliphatic heterocycles. The fraction of sp³-hybridized carbons (Fsp3) is 0.531. The molecule has 218 valence electrons. The van der Waals surface area contributed by atoms with Crippen LogP contribution in [-0.4, -0.2) is 57.2 Å². The maximum Gasteiger partial charge on any atom is 0.411 e. The van der Waals surface area contributed by atoms with Crippen LogP contribution >= 0.6 is 0 Å². The monoisotopic (exact) mass is 553 g/mol. The lowest BCUT2D eigenvalue weighted by molar-refractivity contribution is -0.159. The molecule has 40 heavy (non-hydrogen) atoms. The van der Waals surface area contributed by atoms with E-state index in [1.54, 1.807) is 27.7 Å². The van der Waals surface area contributed by atoms with Gasteiger partial charge < -0.3 is 19.3 Å². The molecular weight excluding hydrogens is 510 g/mol. The zero-order valence-corrected chi connectivity index (χ0v) is 24.5. The van der Waals surface area contributed by atoms with Gasteiger partial charge in [0.2, 0.25) is 0 Å². The lowest BCUT2D eigenvalue weighted by atomic mass is 9.80. The molecule has 5 atom stereocenters. The highest BCUT2D eigenvalue weighted by atomic mass is 16.6. The smallest absolute Gasteiger partial charge is 0.411 e. The van der Waals surface area contributed by atoms with E-state index in [4.69, 9.17) is 14.2 Å². The summed E-state index contributed by atoms with van der Waals surface area (Å²) in [5.41, 5.74) is -0.562. The van der Waals surface area contributed by atoms with Gasteiger partial charge in [0.05, 0.1) is 24.7 Å². The third-order valence-electron chi connectivity index (χ3n) is 7.43. The number of benzene rings is 2. The topological polar surface area (TPSA) is 102 Å². The molecule has 2 aromatic carbocycles. The molecule has 1 amide bonds. The first kappa shape index (κ1) is 31.3. The molecule has 0 radical (unpaired) electrons. The summed E-state index contributed by atoms with van der Waals surface area (Å²) in [6, 6.07) is 18.5. The number of likely N-dealkylation sites (tertiary alicyclic amines) is 1. The molecule has 0 aromatic heterocycles. The fourth-order valence-electron chi connectivity index (χ4n) is 5.21. The van der Waals surface area contributed by atoms with Crippen molar-refractivity contribution in [3.8, 4) is 0 Å². The van der Waals surface area contributed by atoms with Crippen LogP contribution in [0.4, 0.5) is 4.79 Å². The Morgan fingerprint density at radius 2 is 1.52 bits per heavy atom. The number of aliphatic hydroxyl groups excluding tert-OH is 1. The second kappa shape index (κ2) is 13.4. The van der Waals surface area contributed by atoms with Crippen molar-refractivity contribution in [1.82, 2.24) is 4.90 Å². The van der Waals surface area contributed by atoms with Crippen molar-refractivity contribution in [1.29, 1.82) is 0 Å². The molecule has 1 fully saturated rings. The molecule has 8 nitrogen and oxygen atoms in total. The van der Waals surface area contributed by atoms with Gasteiger partial charge in [-0.2, -0.15) is 0 Å². The van der Waals surface area contributed by atoms with Crippen LogP contribution in [0.25, 0.3) is 0 Å². The van der Waals surface area contributed by atoms with Crippen LogP contribution in [0.2, 0.25) is 0 Å². The number of carbonyl (C=O) groups excluding carboxylic acids is 3. The van der Waals surface area contributed by atoms with E-state index in [-0.39, 0.29) is 32.1 Å². The number of hydrogen-bond donors (Lipinski definition) is 1. The van der Waals surface area contributed by atoms with Crippen molar-refractivity contribution in [2.75, 3.05) is 0 Å². The van der Waals surface area contributed by atoms with Crippen molar-refractivity contribution in [3.63, 3.8) is 0 Å². The quantitative estimate of drug-likeness (QED) is 0.369. The van der Waals surface area contributed by atoms with Gasteiger partial charge in [-0.15, -0.1) is 0 Å². The molecule has 1 aliphatic rings. The summed E-state index contributed by atoms with van der Waals surface area (Å²) < 4.78 is 17.3.